The molecule has 0 saturated carbocycles. The average molecular weight is 279 g/mol. The van der Waals surface area contributed by atoms with Crippen LogP contribution in [0.3, 0.4) is 0 Å². The Kier molecular flexibility index (Phi) is 3.84. The number of oxime groups is 1. The van der Waals surface area contributed by atoms with E-state index < -0.39 is 7.12 Å². The lowest BCUT2D eigenvalue weighted by molar-refractivity contribution is 0.101. The van der Waals surface area contributed by atoms with Crippen molar-refractivity contribution in [1.29, 1.82) is 0 Å². The summed E-state index contributed by atoms with van der Waals surface area (Å²) in [5.74, 6) is 0.0383. The second-order valence-corrected chi connectivity index (χ2v) is 4.83. The third kappa shape index (κ3) is 3.03. The number of benzene rings is 2. The van der Waals surface area contributed by atoms with Crippen molar-refractivity contribution in [3.05, 3.63) is 65.7 Å². The maximum absolute atomic E-state index is 11.2. The van der Waals surface area contributed by atoms with Gasteiger partial charge in [-0.3, -0.25) is 4.79 Å². The summed E-state index contributed by atoms with van der Waals surface area (Å²) in [4.78, 5) is 11.2. The lowest BCUT2D eigenvalue weighted by atomic mass is 9.78. The molecular formula is C16H14BNO3. The van der Waals surface area contributed by atoms with Crippen molar-refractivity contribution < 1.29 is 14.2 Å². The second kappa shape index (κ2) is 5.93. The highest BCUT2D eigenvalue weighted by atomic mass is 16.7. The van der Waals surface area contributed by atoms with Gasteiger partial charge in [-0.25, -0.2) is 0 Å². The zero-order chi connectivity index (χ0) is 14.7. The number of hydrogen-bond acceptors (Lipinski definition) is 4. The summed E-state index contributed by atoms with van der Waals surface area (Å²) >= 11 is 0. The van der Waals surface area contributed by atoms with Gasteiger partial charge in [0.05, 0.1) is 6.61 Å². The molecule has 5 heteroatoms. The van der Waals surface area contributed by atoms with E-state index in [-0.39, 0.29) is 5.78 Å². The zero-order valence-electron chi connectivity index (χ0n) is 11.7. The predicted octanol–water partition coefficient (Wildman–Crippen LogP) is 2.04. The van der Waals surface area contributed by atoms with Gasteiger partial charge in [0.2, 0.25) is 0 Å². The average Bonchev–Trinajstić information content (AvgIpc) is 2.56. The van der Waals surface area contributed by atoms with Gasteiger partial charge < -0.3 is 9.41 Å². The third-order valence-corrected chi connectivity index (χ3v) is 3.33. The summed E-state index contributed by atoms with van der Waals surface area (Å²) < 4.78 is 11.1. The van der Waals surface area contributed by atoms with E-state index >= 15 is 0 Å². The van der Waals surface area contributed by atoms with Crippen LogP contribution in [0.15, 0.2) is 59.8 Å². The third-order valence-electron chi connectivity index (χ3n) is 3.33. The number of hydrogen-bond donors (Lipinski definition) is 0. The van der Waals surface area contributed by atoms with Gasteiger partial charge in [-0.2, -0.15) is 0 Å². The molecule has 3 rings (SSSR count). The lowest BCUT2D eigenvalue weighted by Crippen LogP contribution is -2.40. The van der Waals surface area contributed by atoms with Crippen LogP contribution in [0.4, 0.5) is 0 Å². The van der Waals surface area contributed by atoms with Gasteiger partial charge in [-0.05, 0) is 12.4 Å². The van der Waals surface area contributed by atoms with E-state index in [1.807, 2.05) is 42.5 Å². The Balaban J connectivity index is 1.73. The molecule has 0 unspecified atom stereocenters. The molecule has 21 heavy (non-hydrogen) atoms. The van der Waals surface area contributed by atoms with Crippen molar-refractivity contribution in [2.45, 2.75) is 6.92 Å². The van der Waals surface area contributed by atoms with E-state index in [2.05, 4.69) is 5.16 Å². The van der Waals surface area contributed by atoms with Gasteiger partial charge in [0.1, 0.15) is 5.71 Å². The molecule has 1 heterocycles. The molecule has 1 aliphatic heterocycles. The van der Waals surface area contributed by atoms with Crippen LogP contribution in [-0.2, 0) is 9.41 Å². The first-order valence-electron chi connectivity index (χ1n) is 6.74. The second-order valence-electron chi connectivity index (χ2n) is 4.83. The topological polar surface area (TPSA) is 47.9 Å². The molecule has 2 aromatic carbocycles. The summed E-state index contributed by atoms with van der Waals surface area (Å²) in [5.41, 5.74) is 3.27. The minimum atomic E-state index is -0.529. The fourth-order valence-corrected chi connectivity index (χ4v) is 2.12. The quantitative estimate of drug-likeness (QED) is 0.638. The van der Waals surface area contributed by atoms with Crippen LogP contribution < -0.4 is 5.46 Å². The van der Waals surface area contributed by atoms with E-state index in [9.17, 15) is 4.79 Å². The Morgan fingerprint density at radius 2 is 1.81 bits per heavy atom. The Morgan fingerprint density at radius 1 is 1.10 bits per heavy atom. The summed E-state index contributed by atoms with van der Waals surface area (Å²) in [7, 11) is -0.529. The van der Waals surface area contributed by atoms with Crippen LogP contribution in [0.5, 0.6) is 0 Å². The normalized spacial score (nSPS) is 14.3. The van der Waals surface area contributed by atoms with Crippen LogP contribution in [0.2, 0.25) is 0 Å². The molecule has 104 valence electrons. The fourth-order valence-electron chi connectivity index (χ4n) is 2.12. The van der Waals surface area contributed by atoms with E-state index in [1.165, 1.54) is 0 Å². The minimum Gasteiger partial charge on any atom is -0.426 e. The molecule has 0 fully saturated rings. The van der Waals surface area contributed by atoms with Crippen molar-refractivity contribution in [3.8, 4) is 0 Å². The maximum atomic E-state index is 11.2. The SMILES string of the molecule is CC(=O)c1ccc(B2OCC(c3ccccc3)=NO2)cc1. The highest BCUT2D eigenvalue weighted by molar-refractivity contribution is 6.61. The molecule has 0 aromatic heterocycles. The van der Waals surface area contributed by atoms with Gasteiger partial charge in [-0.15, -0.1) is 5.16 Å². The maximum Gasteiger partial charge on any atom is 0.585 e. The molecule has 0 atom stereocenters. The summed E-state index contributed by atoms with van der Waals surface area (Å²) in [6.07, 6.45) is 0. The fraction of sp³-hybridized carbons (Fsp3) is 0.125. The number of carbonyl (C=O) groups is 1. The van der Waals surface area contributed by atoms with Crippen molar-refractivity contribution >= 4 is 24.1 Å². The zero-order valence-corrected chi connectivity index (χ0v) is 11.7. The van der Waals surface area contributed by atoms with Gasteiger partial charge in [-0.1, -0.05) is 54.6 Å². The molecule has 2 aromatic rings. The largest absolute Gasteiger partial charge is 0.585 e. The van der Waals surface area contributed by atoms with E-state index in [0.29, 0.717) is 12.2 Å². The predicted molar refractivity (Wildman–Crippen MR) is 81.9 cm³/mol. The molecule has 0 amide bonds. The number of nitrogens with zero attached hydrogens (tertiary/aromatic N) is 1. The van der Waals surface area contributed by atoms with Crippen molar-refractivity contribution in [2.75, 3.05) is 6.61 Å². The molecule has 0 spiro atoms. The monoisotopic (exact) mass is 279 g/mol. The van der Waals surface area contributed by atoms with Gasteiger partial charge in [0.25, 0.3) is 0 Å². The Bertz CT molecular complexity index is 668. The molecule has 4 nitrogen and oxygen atoms in total. The summed E-state index contributed by atoms with van der Waals surface area (Å²) in [6.45, 7) is 1.93. The molecule has 1 aliphatic rings. The molecule has 0 bridgehead atoms. The molecule has 0 saturated heterocycles. The highest BCUT2D eigenvalue weighted by Crippen LogP contribution is 2.09. The van der Waals surface area contributed by atoms with Crippen LogP contribution in [-0.4, -0.2) is 25.2 Å². The summed E-state index contributed by atoms with van der Waals surface area (Å²) in [6, 6.07) is 17.0. The van der Waals surface area contributed by atoms with Crippen LogP contribution in [0.25, 0.3) is 0 Å². The minimum absolute atomic E-state index is 0.0383. The van der Waals surface area contributed by atoms with E-state index in [1.54, 1.807) is 19.1 Å². The summed E-state index contributed by atoms with van der Waals surface area (Å²) in [5, 5.41) is 4.14. The first-order valence-corrected chi connectivity index (χ1v) is 6.74. The van der Waals surface area contributed by atoms with E-state index in [4.69, 9.17) is 9.41 Å². The number of carbonyl (C=O) groups excluding carboxylic acids is 1. The van der Waals surface area contributed by atoms with Crippen LogP contribution >= 0.6 is 0 Å². The number of Topliss-reactive ketones (excluding diaryl/α,β-unsaturated/α-hetero) is 1. The van der Waals surface area contributed by atoms with Gasteiger partial charge in [0.15, 0.2) is 5.78 Å². The highest BCUT2D eigenvalue weighted by Gasteiger charge is 2.28. The standard InChI is InChI=1S/C16H14BNO3/c1-12(19)13-7-9-15(10-8-13)17-20-11-16(18-21-17)14-5-3-2-4-6-14/h2-10H,11H2,1H3. The number of ketones is 1. The van der Waals surface area contributed by atoms with Gasteiger partial charge in [0, 0.05) is 11.1 Å². The number of rotatable bonds is 3. The molecule has 0 N–H and O–H groups in total. The van der Waals surface area contributed by atoms with Crippen molar-refractivity contribution in [3.63, 3.8) is 0 Å². The van der Waals surface area contributed by atoms with Crippen LogP contribution in [0.1, 0.15) is 22.8 Å². The van der Waals surface area contributed by atoms with Gasteiger partial charge >= 0.3 is 7.12 Å². The Labute approximate surface area is 123 Å². The van der Waals surface area contributed by atoms with Crippen molar-refractivity contribution in [1.82, 2.24) is 0 Å². The lowest BCUT2D eigenvalue weighted by Gasteiger charge is -2.19. The molecular weight excluding hydrogens is 265 g/mol. The molecule has 0 aliphatic carbocycles. The molecule has 0 radical (unpaired) electrons. The first-order chi connectivity index (χ1) is 10.2. The Hall–Kier alpha value is -2.40. The van der Waals surface area contributed by atoms with Crippen LogP contribution in [0, 0.1) is 0 Å². The first kappa shape index (κ1) is 13.6. The van der Waals surface area contributed by atoms with E-state index in [0.717, 1.165) is 16.7 Å². The van der Waals surface area contributed by atoms with Crippen molar-refractivity contribution in [2.24, 2.45) is 5.16 Å². The smallest absolute Gasteiger partial charge is 0.426 e. The Morgan fingerprint density at radius 3 is 2.38 bits per heavy atom.